The van der Waals surface area contributed by atoms with Gasteiger partial charge in [-0.05, 0) is 51.4 Å². The van der Waals surface area contributed by atoms with Crippen LogP contribution in [0.2, 0.25) is 0 Å². The molecule has 1 unspecified atom stereocenters. The predicted octanol–water partition coefficient (Wildman–Crippen LogP) is 2.39. The van der Waals surface area contributed by atoms with Gasteiger partial charge in [-0.1, -0.05) is 17.7 Å². The summed E-state index contributed by atoms with van der Waals surface area (Å²) in [6.45, 7) is 11.5. The molecule has 0 saturated carbocycles. The Morgan fingerprint density at radius 2 is 2.00 bits per heavy atom. The summed E-state index contributed by atoms with van der Waals surface area (Å²) in [5.41, 5.74) is 4.25. The highest BCUT2D eigenvalue weighted by molar-refractivity contribution is 5.56. The Kier molecular flexibility index (Phi) is 4.27. The molecule has 1 N–H and O–H groups in total. The van der Waals surface area contributed by atoms with E-state index in [2.05, 4.69) is 47.2 Å². The average molecular weight is 273 g/mol. The van der Waals surface area contributed by atoms with Crippen LogP contribution < -0.4 is 10.2 Å². The molecule has 0 amide bonds. The van der Waals surface area contributed by atoms with E-state index in [1.807, 2.05) is 0 Å². The minimum Gasteiger partial charge on any atom is -0.368 e. The van der Waals surface area contributed by atoms with Crippen molar-refractivity contribution in [1.82, 2.24) is 10.2 Å². The molecule has 3 nitrogen and oxygen atoms in total. The first-order chi connectivity index (χ1) is 9.72. The van der Waals surface area contributed by atoms with E-state index in [9.17, 15) is 0 Å². The third-order valence-corrected chi connectivity index (χ3v) is 4.60. The number of fused-ring (bicyclic) bond motifs is 1. The molecule has 1 aromatic rings. The van der Waals surface area contributed by atoms with Crippen molar-refractivity contribution in [2.24, 2.45) is 0 Å². The first-order valence-electron chi connectivity index (χ1n) is 8.02. The first kappa shape index (κ1) is 13.9. The van der Waals surface area contributed by atoms with Crippen LogP contribution in [-0.2, 0) is 6.54 Å². The van der Waals surface area contributed by atoms with Crippen molar-refractivity contribution in [1.29, 1.82) is 0 Å². The highest BCUT2D eigenvalue weighted by Crippen LogP contribution is 2.25. The van der Waals surface area contributed by atoms with Gasteiger partial charge >= 0.3 is 0 Å². The molecular formula is C17H27N3. The largest absolute Gasteiger partial charge is 0.368 e. The van der Waals surface area contributed by atoms with Gasteiger partial charge in [0.15, 0.2) is 0 Å². The van der Waals surface area contributed by atoms with Crippen LogP contribution in [0.5, 0.6) is 0 Å². The van der Waals surface area contributed by atoms with Crippen LogP contribution in [0, 0.1) is 6.92 Å². The van der Waals surface area contributed by atoms with E-state index in [1.54, 1.807) is 0 Å². The SMILES string of the molecule is Cc1ccc2c(c1)CNC(C)CN2CCN1CCCC1. The highest BCUT2D eigenvalue weighted by atomic mass is 15.2. The third-order valence-electron chi connectivity index (χ3n) is 4.60. The molecule has 20 heavy (non-hydrogen) atoms. The number of nitrogens with zero attached hydrogens (tertiary/aromatic N) is 2. The van der Waals surface area contributed by atoms with Crippen molar-refractivity contribution in [3.05, 3.63) is 29.3 Å². The summed E-state index contributed by atoms with van der Waals surface area (Å²) in [5, 5.41) is 3.63. The standard InChI is InChI=1S/C17H27N3/c1-14-5-6-17-16(11-14)12-18-15(2)13-20(17)10-9-19-7-3-4-8-19/h5-6,11,15,18H,3-4,7-10,12-13H2,1-2H3. The van der Waals surface area contributed by atoms with Crippen LogP contribution in [0.15, 0.2) is 18.2 Å². The summed E-state index contributed by atoms with van der Waals surface area (Å²) in [4.78, 5) is 5.19. The number of hydrogen-bond donors (Lipinski definition) is 1. The quantitative estimate of drug-likeness (QED) is 0.912. The van der Waals surface area contributed by atoms with Crippen LogP contribution in [0.1, 0.15) is 30.9 Å². The van der Waals surface area contributed by atoms with Crippen molar-refractivity contribution in [3.8, 4) is 0 Å². The number of rotatable bonds is 3. The highest BCUT2D eigenvalue weighted by Gasteiger charge is 2.20. The monoisotopic (exact) mass is 273 g/mol. The van der Waals surface area contributed by atoms with Crippen molar-refractivity contribution in [3.63, 3.8) is 0 Å². The molecule has 2 aliphatic rings. The lowest BCUT2D eigenvalue weighted by Gasteiger charge is -2.28. The lowest BCUT2D eigenvalue weighted by atomic mass is 10.1. The molecule has 3 rings (SSSR count). The average Bonchev–Trinajstić information content (AvgIpc) is 2.89. The summed E-state index contributed by atoms with van der Waals surface area (Å²) in [6.07, 6.45) is 2.77. The van der Waals surface area contributed by atoms with Crippen LogP contribution in [0.3, 0.4) is 0 Å². The van der Waals surface area contributed by atoms with Gasteiger partial charge in [0.05, 0.1) is 0 Å². The number of hydrogen-bond acceptors (Lipinski definition) is 3. The lowest BCUT2D eigenvalue weighted by Crippen LogP contribution is -2.40. The molecule has 0 spiro atoms. The number of likely N-dealkylation sites (tertiary alicyclic amines) is 1. The fourth-order valence-electron chi connectivity index (χ4n) is 3.42. The van der Waals surface area contributed by atoms with Crippen molar-refractivity contribution in [2.45, 2.75) is 39.3 Å². The second-order valence-corrected chi connectivity index (χ2v) is 6.41. The van der Waals surface area contributed by atoms with Gasteiger partial charge < -0.3 is 15.1 Å². The summed E-state index contributed by atoms with van der Waals surface area (Å²) in [5.74, 6) is 0. The molecule has 0 radical (unpaired) electrons. The van der Waals surface area contributed by atoms with Gasteiger partial charge in [-0.25, -0.2) is 0 Å². The summed E-state index contributed by atoms with van der Waals surface area (Å²) in [6, 6.07) is 7.45. The fraction of sp³-hybridized carbons (Fsp3) is 0.647. The molecule has 1 fully saturated rings. The zero-order valence-electron chi connectivity index (χ0n) is 12.9. The Labute approximate surface area is 123 Å². The zero-order valence-corrected chi connectivity index (χ0v) is 12.9. The Hall–Kier alpha value is -1.06. The summed E-state index contributed by atoms with van der Waals surface area (Å²) >= 11 is 0. The molecule has 1 saturated heterocycles. The molecule has 2 heterocycles. The maximum atomic E-state index is 3.63. The minimum atomic E-state index is 0.557. The van der Waals surface area contributed by atoms with Crippen molar-refractivity contribution >= 4 is 5.69 Å². The van der Waals surface area contributed by atoms with E-state index in [1.165, 1.54) is 49.3 Å². The van der Waals surface area contributed by atoms with Crippen molar-refractivity contribution in [2.75, 3.05) is 37.6 Å². The van der Waals surface area contributed by atoms with Gasteiger partial charge in [-0.3, -0.25) is 0 Å². The summed E-state index contributed by atoms with van der Waals surface area (Å²) in [7, 11) is 0. The van der Waals surface area contributed by atoms with Gasteiger partial charge in [-0.15, -0.1) is 0 Å². The minimum absolute atomic E-state index is 0.557. The van der Waals surface area contributed by atoms with E-state index >= 15 is 0 Å². The molecular weight excluding hydrogens is 246 g/mol. The Bertz CT molecular complexity index is 452. The second kappa shape index (κ2) is 6.15. The van der Waals surface area contributed by atoms with Crippen molar-refractivity contribution < 1.29 is 0 Å². The third kappa shape index (κ3) is 3.15. The number of aryl methyl sites for hydroxylation is 1. The molecule has 0 bridgehead atoms. The maximum absolute atomic E-state index is 3.63. The van der Waals surface area contributed by atoms with Gasteiger partial charge in [0.25, 0.3) is 0 Å². The molecule has 110 valence electrons. The van der Waals surface area contributed by atoms with Crippen LogP contribution in [0.25, 0.3) is 0 Å². The predicted molar refractivity (Wildman–Crippen MR) is 85.4 cm³/mol. The van der Waals surface area contributed by atoms with E-state index < -0.39 is 0 Å². The molecule has 1 atom stereocenters. The summed E-state index contributed by atoms with van der Waals surface area (Å²) < 4.78 is 0. The normalized spacial score (nSPS) is 23.7. The van der Waals surface area contributed by atoms with Gasteiger partial charge in [-0.2, -0.15) is 0 Å². The molecule has 0 aromatic heterocycles. The van der Waals surface area contributed by atoms with E-state index in [4.69, 9.17) is 0 Å². The number of benzene rings is 1. The van der Waals surface area contributed by atoms with Gasteiger partial charge in [0.2, 0.25) is 0 Å². The Morgan fingerprint density at radius 1 is 1.20 bits per heavy atom. The van der Waals surface area contributed by atoms with Crippen LogP contribution >= 0.6 is 0 Å². The zero-order chi connectivity index (χ0) is 13.9. The molecule has 1 aromatic carbocycles. The van der Waals surface area contributed by atoms with E-state index in [-0.39, 0.29) is 0 Å². The Balaban J connectivity index is 1.74. The molecule has 3 heteroatoms. The maximum Gasteiger partial charge on any atom is 0.0413 e. The molecule has 0 aliphatic carbocycles. The molecule has 2 aliphatic heterocycles. The Morgan fingerprint density at radius 3 is 2.80 bits per heavy atom. The first-order valence-corrected chi connectivity index (χ1v) is 8.02. The van der Waals surface area contributed by atoms with E-state index in [0.717, 1.165) is 19.6 Å². The second-order valence-electron chi connectivity index (χ2n) is 6.41. The number of anilines is 1. The topological polar surface area (TPSA) is 18.5 Å². The fourth-order valence-corrected chi connectivity index (χ4v) is 3.42. The van der Waals surface area contributed by atoms with Crippen LogP contribution in [0.4, 0.5) is 5.69 Å². The smallest absolute Gasteiger partial charge is 0.0413 e. The lowest BCUT2D eigenvalue weighted by molar-refractivity contribution is 0.343. The number of nitrogens with one attached hydrogen (secondary N) is 1. The van der Waals surface area contributed by atoms with Crippen LogP contribution in [-0.4, -0.2) is 43.7 Å². The van der Waals surface area contributed by atoms with E-state index in [0.29, 0.717) is 6.04 Å². The van der Waals surface area contributed by atoms with Gasteiger partial charge in [0, 0.05) is 37.9 Å². The van der Waals surface area contributed by atoms with Gasteiger partial charge in [0.1, 0.15) is 0 Å².